The Morgan fingerprint density at radius 3 is 2.27 bits per heavy atom. The number of H-pyrrole nitrogens is 1. The van der Waals surface area contributed by atoms with Crippen LogP contribution in [0.1, 0.15) is 18.1 Å². The largest absolute Gasteiger partial charge is 0.383 e. The molecule has 7 nitrogen and oxygen atoms in total. The van der Waals surface area contributed by atoms with Gasteiger partial charge in [0.15, 0.2) is 10.8 Å². The maximum atomic E-state index is 12.6. The number of nitrogens with zero attached hydrogens (tertiary/aromatic N) is 2. The van der Waals surface area contributed by atoms with E-state index in [0.717, 1.165) is 12.0 Å². The fourth-order valence-electron chi connectivity index (χ4n) is 3.22. The third kappa shape index (κ3) is 4.96. The Morgan fingerprint density at radius 1 is 1.07 bits per heavy atom. The molecule has 0 radical (unpaired) electrons. The highest BCUT2D eigenvalue weighted by Crippen LogP contribution is 2.17. The van der Waals surface area contributed by atoms with Crippen LogP contribution in [0.3, 0.4) is 0 Å². The number of aromatic nitrogens is 2. The topological polar surface area (TPSA) is 96.2 Å². The van der Waals surface area contributed by atoms with Gasteiger partial charge in [-0.2, -0.15) is 0 Å². The van der Waals surface area contributed by atoms with Gasteiger partial charge in [0.05, 0.1) is 6.54 Å². The van der Waals surface area contributed by atoms with Gasteiger partial charge in [-0.25, -0.2) is 4.79 Å². The summed E-state index contributed by atoms with van der Waals surface area (Å²) in [6.07, 6.45) is 0.790. The van der Waals surface area contributed by atoms with Gasteiger partial charge >= 0.3 is 5.69 Å². The van der Waals surface area contributed by atoms with Gasteiger partial charge in [-0.3, -0.25) is 14.3 Å². The van der Waals surface area contributed by atoms with E-state index < -0.39 is 11.2 Å². The molecule has 1 aromatic heterocycles. The monoisotopic (exact) mass is 423 g/mol. The average Bonchev–Trinajstić information content (AvgIpc) is 2.75. The SMILES string of the molecule is CCN(C(=S)NCCc1ccccc1)c1c(N)n(Cc2ccccc2)c(=O)[nH]c1=O. The predicted octanol–water partition coefficient (Wildman–Crippen LogP) is 2.11. The van der Waals surface area contributed by atoms with Crippen LogP contribution in [0.4, 0.5) is 11.5 Å². The van der Waals surface area contributed by atoms with E-state index in [1.165, 1.54) is 10.1 Å². The molecule has 30 heavy (non-hydrogen) atoms. The van der Waals surface area contributed by atoms with Crippen LogP contribution in [0, 0.1) is 0 Å². The number of benzene rings is 2. The Bertz CT molecular complexity index is 1110. The van der Waals surface area contributed by atoms with Crippen LogP contribution in [0.25, 0.3) is 0 Å². The molecule has 0 aliphatic rings. The van der Waals surface area contributed by atoms with Gasteiger partial charge < -0.3 is 16.0 Å². The Hall–Kier alpha value is -3.39. The number of hydrogen-bond donors (Lipinski definition) is 3. The van der Waals surface area contributed by atoms with Gasteiger partial charge in [-0.1, -0.05) is 60.7 Å². The molecule has 4 N–H and O–H groups in total. The zero-order valence-corrected chi connectivity index (χ0v) is 17.6. The molecule has 156 valence electrons. The maximum Gasteiger partial charge on any atom is 0.330 e. The first-order valence-electron chi connectivity index (χ1n) is 9.77. The Balaban J connectivity index is 1.82. The summed E-state index contributed by atoms with van der Waals surface area (Å²) in [6, 6.07) is 19.5. The van der Waals surface area contributed by atoms with E-state index in [-0.39, 0.29) is 18.1 Å². The van der Waals surface area contributed by atoms with E-state index in [9.17, 15) is 9.59 Å². The van der Waals surface area contributed by atoms with E-state index >= 15 is 0 Å². The molecule has 0 atom stereocenters. The smallest absolute Gasteiger partial charge is 0.330 e. The summed E-state index contributed by atoms with van der Waals surface area (Å²) in [7, 11) is 0. The van der Waals surface area contributed by atoms with Gasteiger partial charge in [0, 0.05) is 13.1 Å². The quantitative estimate of drug-likeness (QED) is 0.504. The molecule has 0 amide bonds. The molecule has 3 aromatic rings. The minimum atomic E-state index is -0.559. The standard InChI is InChI=1S/C22H25N5O2S/c1-2-26(22(30)24-14-13-16-9-5-3-6-10-16)18-19(23)27(21(29)25-20(18)28)15-17-11-7-4-8-12-17/h3-12H,2,13-15,23H2,1H3,(H,24,30)(H,25,28,29). The van der Waals surface area contributed by atoms with Gasteiger partial charge in [-0.05, 0) is 36.7 Å². The van der Waals surface area contributed by atoms with Gasteiger partial charge in [0.2, 0.25) is 0 Å². The van der Waals surface area contributed by atoms with Gasteiger partial charge in [0.1, 0.15) is 5.82 Å². The fraction of sp³-hybridized carbons (Fsp3) is 0.227. The van der Waals surface area contributed by atoms with Crippen molar-refractivity contribution in [2.75, 3.05) is 23.7 Å². The molecule has 3 rings (SSSR count). The number of rotatable bonds is 7. The normalized spacial score (nSPS) is 10.6. The summed E-state index contributed by atoms with van der Waals surface area (Å²) in [6.45, 7) is 3.16. The van der Waals surface area contributed by atoms with Crippen LogP contribution in [-0.2, 0) is 13.0 Å². The summed E-state index contributed by atoms with van der Waals surface area (Å²) in [5.41, 5.74) is 7.42. The zero-order chi connectivity index (χ0) is 21.5. The van der Waals surface area contributed by atoms with E-state index in [2.05, 4.69) is 10.3 Å². The second kappa shape index (κ2) is 9.89. The third-order valence-corrected chi connectivity index (χ3v) is 5.13. The fourth-order valence-corrected chi connectivity index (χ4v) is 3.54. The molecule has 0 saturated carbocycles. The molecule has 1 heterocycles. The van der Waals surface area contributed by atoms with Crippen LogP contribution in [0.5, 0.6) is 0 Å². The molecule has 0 bridgehead atoms. The molecule has 0 saturated heterocycles. The van der Waals surface area contributed by atoms with E-state index in [0.29, 0.717) is 18.2 Å². The molecular weight excluding hydrogens is 398 g/mol. The lowest BCUT2D eigenvalue weighted by Gasteiger charge is -2.26. The number of nitrogen functional groups attached to an aromatic ring is 1. The molecule has 0 aliphatic heterocycles. The van der Waals surface area contributed by atoms with Crippen molar-refractivity contribution in [1.29, 1.82) is 0 Å². The predicted molar refractivity (Wildman–Crippen MR) is 125 cm³/mol. The molecule has 0 aliphatic carbocycles. The third-order valence-electron chi connectivity index (χ3n) is 4.76. The van der Waals surface area contributed by atoms with Crippen molar-refractivity contribution in [3.05, 3.63) is 92.6 Å². The number of nitrogens with two attached hydrogens (primary N) is 1. The highest BCUT2D eigenvalue weighted by Gasteiger charge is 2.20. The summed E-state index contributed by atoms with van der Waals surface area (Å²) in [4.78, 5) is 29.0. The van der Waals surface area contributed by atoms with Crippen molar-refractivity contribution < 1.29 is 0 Å². The van der Waals surface area contributed by atoms with E-state index in [1.54, 1.807) is 4.90 Å². The minimum Gasteiger partial charge on any atom is -0.383 e. The second-order valence-electron chi connectivity index (χ2n) is 6.78. The highest BCUT2D eigenvalue weighted by atomic mass is 32.1. The molecule has 8 heteroatoms. The Labute approximate surface area is 180 Å². The van der Waals surface area contributed by atoms with Crippen molar-refractivity contribution in [3.8, 4) is 0 Å². The lowest BCUT2D eigenvalue weighted by Crippen LogP contribution is -2.45. The van der Waals surface area contributed by atoms with Crippen molar-refractivity contribution in [2.45, 2.75) is 19.9 Å². The van der Waals surface area contributed by atoms with Crippen molar-refractivity contribution >= 4 is 28.8 Å². The summed E-state index contributed by atoms with van der Waals surface area (Å²) in [5, 5.41) is 3.57. The van der Waals surface area contributed by atoms with Gasteiger partial charge in [0.25, 0.3) is 5.56 Å². The van der Waals surface area contributed by atoms with Crippen molar-refractivity contribution in [1.82, 2.24) is 14.9 Å². The first-order valence-corrected chi connectivity index (χ1v) is 10.2. The number of anilines is 2. The molecule has 0 unspecified atom stereocenters. The Morgan fingerprint density at radius 2 is 1.67 bits per heavy atom. The van der Waals surface area contributed by atoms with Crippen molar-refractivity contribution in [3.63, 3.8) is 0 Å². The first-order chi connectivity index (χ1) is 14.5. The lowest BCUT2D eigenvalue weighted by molar-refractivity contribution is 0.729. The summed E-state index contributed by atoms with van der Waals surface area (Å²) in [5.74, 6) is 0.0849. The van der Waals surface area contributed by atoms with E-state index in [1.807, 2.05) is 67.6 Å². The lowest BCUT2D eigenvalue weighted by atomic mass is 10.1. The summed E-state index contributed by atoms with van der Waals surface area (Å²) < 4.78 is 1.35. The van der Waals surface area contributed by atoms with Crippen LogP contribution in [0.2, 0.25) is 0 Å². The first kappa shape index (κ1) is 21.3. The zero-order valence-electron chi connectivity index (χ0n) is 16.8. The number of hydrogen-bond acceptors (Lipinski definition) is 4. The average molecular weight is 424 g/mol. The number of thiocarbonyl (C=S) groups is 1. The van der Waals surface area contributed by atoms with Crippen molar-refractivity contribution in [2.24, 2.45) is 0 Å². The molecular formula is C22H25N5O2S. The van der Waals surface area contributed by atoms with Crippen LogP contribution < -0.4 is 27.2 Å². The molecule has 0 spiro atoms. The number of aromatic amines is 1. The highest BCUT2D eigenvalue weighted by molar-refractivity contribution is 7.80. The van der Waals surface area contributed by atoms with Gasteiger partial charge in [-0.15, -0.1) is 0 Å². The summed E-state index contributed by atoms with van der Waals surface area (Å²) >= 11 is 5.52. The minimum absolute atomic E-state index is 0.0849. The maximum absolute atomic E-state index is 12.6. The van der Waals surface area contributed by atoms with Crippen LogP contribution in [0.15, 0.2) is 70.3 Å². The Kier molecular flexibility index (Phi) is 7.03. The molecule has 2 aromatic carbocycles. The van der Waals surface area contributed by atoms with Crippen LogP contribution in [-0.4, -0.2) is 27.8 Å². The number of nitrogens with one attached hydrogen (secondary N) is 2. The van der Waals surface area contributed by atoms with Crippen LogP contribution >= 0.6 is 12.2 Å². The van der Waals surface area contributed by atoms with E-state index in [4.69, 9.17) is 18.0 Å². The molecule has 0 fully saturated rings. The second-order valence-corrected chi connectivity index (χ2v) is 7.16.